The number of hydrogen-bond acceptors (Lipinski definition) is 2. The number of piperidine rings is 1. The molecule has 1 spiro atoms. The van der Waals surface area contributed by atoms with E-state index in [4.69, 9.17) is 4.74 Å². The zero-order chi connectivity index (χ0) is 14.1. The van der Waals surface area contributed by atoms with Gasteiger partial charge in [0.15, 0.2) is 0 Å². The van der Waals surface area contributed by atoms with Crippen molar-refractivity contribution in [2.75, 3.05) is 19.6 Å². The van der Waals surface area contributed by atoms with Crippen molar-refractivity contribution in [3.63, 3.8) is 0 Å². The maximum Gasteiger partial charge on any atom is 0.126 e. The molecule has 4 rings (SSSR count). The molecule has 3 aliphatic rings. The summed E-state index contributed by atoms with van der Waals surface area (Å²) in [4.78, 5) is 2.60. The van der Waals surface area contributed by atoms with Gasteiger partial charge in [-0.05, 0) is 43.9 Å². The molecular weight excluding hydrogens is 258 g/mol. The van der Waals surface area contributed by atoms with Crippen LogP contribution in [-0.4, -0.2) is 30.1 Å². The number of benzene rings is 1. The van der Waals surface area contributed by atoms with Crippen LogP contribution in [0.25, 0.3) is 0 Å². The normalized spacial score (nSPS) is 28.3. The molecule has 0 amide bonds. The number of fused-ring (bicyclic) bond motifs is 1. The van der Waals surface area contributed by atoms with Crippen LogP contribution in [-0.2, 0) is 6.42 Å². The summed E-state index contributed by atoms with van der Waals surface area (Å²) in [5.41, 5.74) is 3.00. The number of ether oxygens (including phenoxy) is 1. The molecule has 1 aromatic carbocycles. The van der Waals surface area contributed by atoms with Crippen LogP contribution in [0, 0.1) is 0 Å². The van der Waals surface area contributed by atoms with Crippen molar-refractivity contribution in [1.82, 2.24) is 4.90 Å². The van der Waals surface area contributed by atoms with E-state index in [-0.39, 0.29) is 5.60 Å². The minimum Gasteiger partial charge on any atom is -0.485 e. The maximum absolute atomic E-state index is 6.38. The van der Waals surface area contributed by atoms with Crippen LogP contribution in [0.15, 0.2) is 48.1 Å². The Morgan fingerprint density at radius 2 is 2.19 bits per heavy atom. The van der Waals surface area contributed by atoms with Gasteiger partial charge in [0.2, 0.25) is 0 Å². The molecule has 1 saturated heterocycles. The molecule has 0 saturated carbocycles. The van der Waals surface area contributed by atoms with Crippen molar-refractivity contribution in [2.45, 2.75) is 37.7 Å². The summed E-state index contributed by atoms with van der Waals surface area (Å²) in [7, 11) is 0. The predicted octanol–water partition coefficient (Wildman–Crippen LogP) is 3.73. The molecule has 1 aromatic rings. The van der Waals surface area contributed by atoms with Crippen LogP contribution in [0.3, 0.4) is 0 Å². The van der Waals surface area contributed by atoms with E-state index >= 15 is 0 Å². The Bertz CT molecular complexity index is 562. The number of rotatable bonds is 2. The Labute approximate surface area is 127 Å². The molecule has 2 aliphatic heterocycles. The first-order valence-corrected chi connectivity index (χ1v) is 8.17. The average molecular weight is 281 g/mol. The summed E-state index contributed by atoms with van der Waals surface area (Å²) in [6.45, 7) is 3.40. The van der Waals surface area contributed by atoms with Gasteiger partial charge >= 0.3 is 0 Å². The molecule has 0 aromatic heterocycles. The second-order valence-corrected chi connectivity index (χ2v) is 6.68. The molecule has 0 bridgehead atoms. The molecule has 1 unspecified atom stereocenters. The van der Waals surface area contributed by atoms with Gasteiger partial charge in [0, 0.05) is 19.5 Å². The molecule has 21 heavy (non-hydrogen) atoms. The summed E-state index contributed by atoms with van der Waals surface area (Å²) in [6.07, 6.45) is 12.7. The van der Waals surface area contributed by atoms with E-state index in [1.54, 1.807) is 5.57 Å². The Kier molecular flexibility index (Phi) is 3.34. The van der Waals surface area contributed by atoms with Crippen molar-refractivity contribution in [3.8, 4) is 5.75 Å². The molecule has 1 atom stereocenters. The Morgan fingerprint density at radius 1 is 1.24 bits per heavy atom. The van der Waals surface area contributed by atoms with Crippen molar-refractivity contribution in [3.05, 3.63) is 53.6 Å². The SMILES string of the molecule is C1=CCCC(CN2CCCC3(Cc4ccccc4O3)C2)=C1. The minimum absolute atomic E-state index is 0.0347. The van der Waals surface area contributed by atoms with Gasteiger partial charge in [-0.1, -0.05) is 42.0 Å². The van der Waals surface area contributed by atoms with Gasteiger partial charge in [-0.25, -0.2) is 0 Å². The molecule has 0 radical (unpaired) electrons. The number of likely N-dealkylation sites (tertiary alicyclic amines) is 1. The lowest BCUT2D eigenvalue weighted by Gasteiger charge is -2.40. The zero-order valence-corrected chi connectivity index (χ0v) is 12.6. The quantitative estimate of drug-likeness (QED) is 0.819. The first-order chi connectivity index (χ1) is 10.3. The minimum atomic E-state index is 0.0347. The van der Waals surface area contributed by atoms with Crippen molar-refractivity contribution < 1.29 is 4.74 Å². The third-order valence-electron chi connectivity index (χ3n) is 4.96. The molecule has 0 N–H and O–H groups in total. The van der Waals surface area contributed by atoms with Crippen LogP contribution >= 0.6 is 0 Å². The first kappa shape index (κ1) is 13.1. The number of nitrogens with zero attached hydrogens (tertiary/aromatic N) is 1. The Balaban J connectivity index is 1.46. The first-order valence-electron chi connectivity index (χ1n) is 8.17. The summed E-state index contributed by atoms with van der Waals surface area (Å²) in [5.74, 6) is 1.11. The molecule has 1 fully saturated rings. The highest BCUT2D eigenvalue weighted by Gasteiger charge is 2.42. The lowest BCUT2D eigenvalue weighted by Crippen LogP contribution is -2.51. The van der Waals surface area contributed by atoms with Crippen molar-refractivity contribution in [1.29, 1.82) is 0 Å². The fourth-order valence-electron chi connectivity index (χ4n) is 3.99. The van der Waals surface area contributed by atoms with E-state index in [1.165, 1.54) is 37.8 Å². The van der Waals surface area contributed by atoms with Gasteiger partial charge in [-0.15, -0.1) is 0 Å². The van der Waals surface area contributed by atoms with Crippen LogP contribution in [0.4, 0.5) is 0 Å². The van der Waals surface area contributed by atoms with Gasteiger partial charge in [0.05, 0.1) is 0 Å². The maximum atomic E-state index is 6.38. The number of para-hydroxylation sites is 1. The van der Waals surface area contributed by atoms with Crippen molar-refractivity contribution in [2.24, 2.45) is 0 Å². The molecule has 1 aliphatic carbocycles. The van der Waals surface area contributed by atoms with E-state index in [9.17, 15) is 0 Å². The highest BCUT2D eigenvalue weighted by atomic mass is 16.5. The van der Waals surface area contributed by atoms with Crippen LogP contribution in [0.5, 0.6) is 5.75 Å². The molecule has 2 nitrogen and oxygen atoms in total. The van der Waals surface area contributed by atoms with Gasteiger partial charge in [0.1, 0.15) is 11.4 Å². The van der Waals surface area contributed by atoms with Crippen molar-refractivity contribution >= 4 is 0 Å². The zero-order valence-electron chi connectivity index (χ0n) is 12.6. The number of hydrogen-bond donors (Lipinski definition) is 0. The fraction of sp³-hybridized carbons (Fsp3) is 0.474. The lowest BCUT2D eigenvalue weighted by atomic mass is 9.88. The lowest BCUT2D eigenvalue weighted by molar-refractivity contribution is 0.0116. The molecule has 2 heteroatoms. The highest BCUT2D eigenvalue weighted by Crippen LogP contribution is 2.40. The monoisotopic (exact) mass is 281 g/mol. The van der Waals surface area contributed by atoms with E-state index in [0.29, 0.717) is 0 Å². The van der Waals surface area contributed by atoms with Gasteiger partial charge in [-0.3, -0.25) is 4.90 Å². The smallest absolute Gasteiger partial charge is 0.126 e. The summed E-state index contributed by atoms with van der Waals surface area (Å²) >= 11 is 0. The standard InChI is InChI=1S/C19H23NO/c1-2-7-16(8-3-1)14-20-12-6-11-19(15-20)13-17-9-4-5-10-18(17)21-19/h1-2,4-5,7,9-10H,3,6,8,11-15H2. The summed E-state index contributed by atoms with van der Waals surface area (Å²) < 4.78 is 6.38. The largest absolute Gasteiger partial charge is 0.485 e. The van der Waals surface area contributed by atoms with Gasteiger partial charge < -0.3 is 4.74 Å². The second kappa shape index (κ2) is 5.34. The van der Waals surface area contributed by atoms with Crippen LogP contribution < -0.4 is 4.74 Å². The van der Waals surface area contributed by atoms with E-state index in [2.05, 4.69) is 47.4 Å². The van der Waals surface area contributed by atoms with E-state index in [0.717, 1.165) is 25.3 Å². The van der Waals surface area contributed by atoms with Crippen LogP contribution in [0.1, 0.15) is 31.2 Å². The predicted molar refractivity (Wildman–Crippen MR) is 85.6 cm³/mol. The fourth-order valence-corrected chi connectivity index (χ4v) is 3.99. The summed E-state index contributed by atoms with van der Waals surface area (Å²) in [5, 5.41) is 0. The molecular formula is C19H23NO. The molecule has 2 heterocycles. The van der Waals surface area contributed by atoms with Gasteiger partial charge in [-0.2, -0.15) is 0 Å². The second-order valence-electron chi connectivity index (χ2n) is 6.68. The third-order valence-corrected chi connectivity index (χ3v) is 4.96. The number of allylic oxidation sites excluding steroid dienone is 3. The Hall–Kier alpha value is -1.54. The molecule has 110 valence electrons. The highest BCUT2D eigenvalue weighted by molar-refractivity contribution is 5.39. The van der Waals surface area contributed by atoms with E-state index in [1.807, 2.05) is 0 Å². The van der Waals surface area contributed by atoms with Gasteiger partial charge in [0.25, 0.3) is 0 Å². The Morgan fingerprint density at radius 3 is 3.05 bits per heavy atom. The average Bonchev–Trinajstić information content (AvgIpc) is 2.85. The summed E-state index contributed by atoms with van der Waals surface area (Å²) in [6, 6.07) is 8.55. The topological polar surface area (TPSA) is 12.5 Å². The van der Waals surface area contributed by atoms with Crippen LogP contribution in [0.2, 0.25) is 0 Å². The van der Waals surface area contributed by atoms with E-state index < -0.39 is 0 Å². The third kappa shape index (κ3) is 2.65.